The predicted octanol–water partition coefficient (Wildman–Crippen LogP) is 5.48. The summed E-state index contributed by atoms with van der Waals surface area (Å²) in [5.41, 5.74) is 1.14. The molecule has 0 saturated carbocycles. The molecule has 2 atom stereocenters. The van der Waals surface area contributed by atoms with Crippen LogP contribution >= 0.6 is 23.2 Å². The highest BCUT2D eigenvalue weighted by molar-refractivity contribution is 6.32. The average Bonchev–Trinajstić information content (AvgIpc) is 3.05. The van der Waals surface area contributed by atoms with Crippen LogP contribution in [-0.2, 0) is 15.3 Å². The van der Waals surface area contributed by atoms with E-state index in [1.165, 1.54) is 0 Å². The number of ketones is 1. The highest BCUT2D eigenvalue weighted by Crippen LogP contribution is 2.54. The first-order chi connectivity index (χ1) is 13.4. The Labute approximate surface area is 174 Å². The summed E-state index contributed by atoms with van der Waals surface area (Å²) >= 11 is 12.4. The van der Waals surface area contributed by atoms with Gasteiger partial charge in [0, 0.05) is 22.2 Å². The number of carbonyl (C=O) groups is 1. The number of fused-ring (bicyclic) bond motifs is 1. The number of rotatable bonds is 3. The number of aryl methyl sites for hydroxylation is 1. The molecule has 0 amide bonds. The van der Waals surface area contributed by atoms with Gasteiger partial charge in [0.25, 0.3) is 5.79 Å². The van der Waals surface area contributed by atoms with E-state index in [2.05, 4.69) is 0 Å². The molecule has 0 radical (unpaired) electrons. The summed E-state index contributed by atoms with van der Waals surface area (Å²) in [5.74, 6) is -1.29. The Morgan fingerprint density at radius 3 is 2.46 bits per heavy atom. The van der Waals surface area contributed by atoms with Gasteiger partial charge >= 0.3 is 0 Å². The lowest BCUT2D eigenvalue weighted by Crippen LogP contribution is -2.65. The van der Waals surface area contributed by atoms with Gasteiger partial charge in [-0.05, 0) is 56.2 Å². The molecule has 0 fully saturated rings. The van der Waals surface area contributed by atoms with E-state index in [0.29, 0.717) is 33.5 Å². The van der Waals surface area contributed by atoms with Crippen molar-refractivity contribution in [3.8, 4) is 5.75 Å². The van der Waals surface area contributed by atoms with Crippen LogP contribution in [0.15, 0.2) is 48.0 Å². The van der Waals surface area contributed by atoms with E-state index in [0.717, 1.165) is 11.1 Å². The monoisotopic (exact) mass is 418 g/mol. The summed E-state index contributed by atoms with van der Waals surface area (Å²) in [4.78, 5) is 13.8. The van der Waals surface area contributed by atoms with Crippen molar-refractivity contribution in [3.63, 3.8) is 0 Å². The molecule has 0 saturated heterocycles. The van der Waals surface area contributed by atoms with Crippen LogP contribution in [0.2, 0.25) is 10.0 Å². The molecule has 4 nitrogen and oxygen atoms in total. The molecule has 0 aliphatic carbocycles. The van der Waals surface area contributed by atoms with Crippen molar-refractivity contribution in [1.82, 2.24) is 0 Å². The third-order valence-electron chi connectivity index (χ3n) is 5.36. The third-order valence-corrected chi connectivity index (χ3v) is 6.02. The van der Waals surface area contributed by atoms with Crippen LogP contribution in [0.4, 0.5) is 0 Å². The van der Waals surface area contributed by atoms with Gasteiger partial charge in [-0.15, -0.1) is 0 Å². The third kappa shape index (κ3) is 2.56. The van der Waals surface area contributed by atoms with Gasteiger partial charge in [-0.25, -0.2) is 0 Å². The van der Waals surface area contributed by atoms with Gasteiger partial charge in [-0.2, -0.15) is 0 Å². The first-order valence-corrected chi connectivity index (χ1v) is 9.86. The van der Waals surface area contributed by atoms with E-state index in [1.54, 1.807) is 36.4 Å². The molecule has 2 aromatic carbocycles. The summed E-state index contributed by atoms with van der Waals surface area (Å²) in [6.07, 6.45) is 1.88. The molecule has 2 aliphatic rings. The fourth-order valence-electron chi connectivity index (χ4n) is 3.98. The molecular formula is C22H20Cl2O4. The fourth-order valence-corrected chi connectivity index (χ4v) is 4.27. The van der Waals surface area contributed by atoms with Crippen LogP contribution in [0.5, 0.6) is 5.75 Å². The van der Waals surface area contributed by atoms with Crippen molar-refractivity contribution in [3.05, 3.63) is 74.8 Å². The van der Waals surface area contributed by atoms with Gasteiger partial charge < -0.3 is 14.2 Å². The van der Waals surface area contributed by atoms with Crippen LogP contribution in [0.1, 0.15) is 35.3 Å². The van der Waals surface area contributed by atoms with Crippen LogP contribution in [0.25, 0.3) is 0 Å². The zero-order valence-corrected chi connectivity index (χ0v) is 17.4. The molecule has 2 heterocycles. The Morgan fingerprint density at radius 1 is 1.14 bits per heavy atom. The van der Waals surface area contributed by atoms with E-state index in [4.69, 9.17) is 37.4 Å². The smallest absolute Gasteiger partial charge is 0.278 e. The van der Waals surface area contributed by atoms with E-state index in [1.807, 2.05) is 26.8 Å². The minimum absolute atomic E-state index is 0.231. The highest BCUT2D eigenvalue weighted by atomic mass is 35.5. The second-order valence-corrected chi connectivity index (χ2v) is 7.81. The maximum Gasteiger partial charge on any atom is 0.278 e. The summed E-state index contributed by atoms with van der Waals surface area (Å²) in [5, 5.41) is 1.08. The molecule has 28 heavy (non-hydrogen) atoms. The SMILES string of the molecule is CCO[C@@]1(c2ccc(Cl)cc2)Oc2cc(C)c(Cl)cc2C(=O)[C@@]12OCC=C2C. The minimum Gasteiger partial charge on any atom is -0.453 e. The molecule has 2 aromatic rings. The number of carbonyl (C=O) groups excluding carboxylic acids is 1. The number of Topliss-reactive ketones (excluding diaryl/α,β-unsaturated/α-hetero) is 1. The first kappa shape index (κ1) is 19.5. The number of ether oxygens (including phenoxy) is 3. The maximum absolute atomic E-state index is 13.8. The van der Waals surface area contributed by atoms with Gasteiger partial charge in [0.1, 0.15) is 5.75 Å². The molecule has 4 rings (SSSR count). The lowest BCUT2D eigenvalue weighted by molar-refractivity contribution is -0.271. The summed E-state index contributed by atoms with van der Waals surface area (Å²) in [6.45, 7) is 6.19. The van der Waals surface area contributed by atoms with Crippen molar-refractivity contribution in [2.75, 3.05) is 13.2 Å². The lowest BCUT2D eigenvalue weighted by Gasteiger charge is -2.49. The Morgan fingerprint density at radius 2 is 1.86 bits per heavy atom. The molecule has 2 aliphatic heterocycles. The average molecular weight is 419 g/mol. The second kappa shape index (κ2) is 6.89. The zero-order chi connectivity index (χ0) is 20.1. The van der Waals surface area contributed by atoms with Crippen molar-refractivity contribution in [1.29, 1.82) is 0 Å². The van der Waals surface area contributed by atoms with Gasteiger partial charge in [-0.3, -0.25) is 4.79 Å². The number of hydrogen-bond donors (Lipinski definition) is 0. The highest BCUT2D eigenvalue weighted by Gasteiger charge is 2.67. The van der Waals surface area contributed by atoms with Crippen molar-refractivity contribution >= 4 is 29.0 Å². The number of benzene rings is 2. The summed E-state index contributed by atoms with van der Waals surface area (Å²) < 4.78 is 18.8. The van der Waals surface area contributed by atoms with E-state index in [9.17, 15) is 4.79 Å². The minimum atomic E-state index is -1.48. The normalized spacial score (nSPS) is 26.2. The Bertz CT molecular complexity index is 983. The zero-order valence-electron chi connectivity index (χ0n) is 15.8. The first-order valence-electron chi connectivity index (χ1n) is 9.11. The predicted molar refractivity (Wildman–Crippen MR) is 108 cm³/mol. The van der Waals surface area contributed by atoms with Crippen molar-refractivity contribution < 1.29 is 19.0 Å². The Kier molecular flexibility index (Phi) is 4.79. The Balaban J connectivity index is 2.04. The van der Waals surface area contributed by atoms with E-state index in [-0.39, 0.29) is 12.4 Å². The van der Waals surface area contributed by atoms with Crippen LogP contribution in [-0.4, -0.2) is 24.6 Å². The second-order valence-electron chi connectivity index (χ2n) is 6.96. The van der Waals surface area contributed by atoms with Crippen LogP contribution < -0.4 is 4.74 Å². The molecule has 1 spiro atoms. The lowest BCUT2D eigenvalue weighted by atomic mass is 9.74. The fraction of sp³-hybridized carbons (Fsp3) is 0.318. The van der Waals surface area contributed by atoms with Crippen molar-refractivity contribution in [2.45, 2.75) is 32.2 Å². The molecule has 6 heteroatoms. The van der Waals surface area contributed by atoms with Crippen LogP contribution in [0.3, 0.4) is 0 Å². The number of hydrogen-bond acceptors (Lipinski definition) is 4. The molecule has 0 aromatic heterocycles. The topological polar surface area (TPSA) is 44.8 Å². The van der Waals surface area contributed by atoms with Gasteiger partial charge in [0.2, 0.25) is 11.4 Å². The molecule has 146 valence electrons. The van der Waals surface area contributed by atoms with Crippen molar-refractivity contribution in [2.24, 2.45) is 0 Å². The largest absolute Gasteiger partial charge is 0.453 e. The standard InChI is InChI=1S/C22H20Cl2O4/c1-4-26-22(15-5-7-16(23)8-6-15)21(14(3)9-10-27-21)20(25)17-12-18(24)13(2)11-19(17)28-22/h5-9,11-12H,4,10H2,1-3H3/t21-,22+/m1/s1. The Hall–Kier alpha value is -1.85. The quantitative estimate of drug-likeness (QED) is 0.618. The molecule has 0 N–H and O–H groups in total. The molecule has 0 unspecified atom stereocenters. The van der Waals surface area contributed by atoms with E-state index >= 15 is 0 Å². The maximum atomic E-state index is 13.8. The van der Waals surface area contributed by atoms with Gasteiger partial charge in [0.15, 0.2) is 0 Å². The van der Waals surface area contributed by atoms with E-state index < -0.39 is 11.4 Å². The van der Waals surface area contributed by atoms with Gasteiger partial charge in [0.05, 0.1) is 12.2 Å². The van der Waals surface area contributed by atoms with Crippen LogP contribution in [0, 0.1) is 6.92 Å². The summed E-state index contributed by atoms with van der Waals surface area (Å²) in [6, 6.07) is 10.5. The summed E-state index contributed by atoms with van der Waals surface area (Å²) in [7, 11) is 0. The number of halogens is 2. The molecule has 0 bridgehead atoms. The molecular weight excluding hydrogens is 399 g/mol. The van der Waals surface area contributed by atoms with Gasteiger partial charge in [-0.1, -0.05) is 41.4 Å².